The van der Waals surface area contributed by atoms with Crippen molar-refractivity contribution in [3.63, 3.8) is 0 Å². The third-order valence-electron chi connectivity index (χ3n) is 6.22. The number of aryl methyl sites for hydroxylation is 1. The highest BCUT2D eigenvalue weighted by molar-refractivity contribution is 7.26. The van der Waals surface area contributed by atoms with Gasteiger partial charge in [0, 0.05) is 31.9 Å². The molecule has 0 unspecified atom stereocenters. The lowest BCUT2D eigenvalue weighted by Crippen LogP contribution is -2.12. The smallest absolute Gasteiger partial charge is 0.0880 e. The molecule has 0 aliphatic rings. The van der Waals surface area contributed by atoms with E-state index in [0.717, 1.165) is 5.69 Å². The molecule has 0 atom stereocenters. The lowest BCUT2D eigenvalue weighted by Gasteiger charge is -2.22. The van der Waals surface area contributed by atoms with Crippen LogP contribution in [0.5, 0.6) is 0 Å². The molecule has 0 bridgehead atoms. The van der Waals surface area contributed by atoms with Crippen molar-refractivity contribution in [3.8, 4) is 11.3 Å². The first kappa shape index (κ1) is 19.0. The Kier molecular flexibility index (Phi) is 4.05. The van der Waals surface area contributed by atoms with Gasteiger partial charge in [0.15, 0.2) is 0 Å². The molecular formula is C28H23NS2. The first-order chi connectivity index (χ1) is 14.9. The molecule has 0 fully saturated rings. The van der Waals surface area contributed by atoms with E-state index in [4.69, 9.17) is 4.98 Å². The normalized spacial score (nSPS) is 12.5. The number of benzene rings is 3. The van der Waals surface area contributed by atoms with E-state index in [1.54, 1.807) is 0 Å². The molecule has 3 aromatic heterocycles. The molecular weight excluding hydrogens is 414 g/mol. The van der Waals surface area contributed by atoms with Crippen molar-refractivity contribution >= 4 is 63.7 Å². The van der Waals surface area contributed by atoms with E-state index >= 15 is 0 Å². The molecule has 0 saturated heterocycles. The lowest BCUT2D eigenvalue weighted by molar-refractivity contribution is 0.596. The zero-order valence-corrected chi connectivity index (χ0v) is 19.7. The van der Waals surface area contributed by atoms with Gasteiger partial charge in [-0.25, -0.2) is 0 Å². The number of fused-ring (bicyclic) bond motifs is 5. The fourth-order valence-corrected chi connectivity index (χ4v) is 6.82. The third kappa shape index (κ3) is 2.91. The molecule has 1 nitrogen and oxygen atoms in total. The summed E-state index contributed by atoms with van der Waals surface area (Å²) in [6.07, 6.45) is 1.97. The quantitative estimate of drug-likeness (QED) is 0.250. The van der Waals surface area contributed by atoms with E-state index in [0.29, 0.717) is 0 Å². The number of pyridine rings is 1. The van der Waals surface area contributed by atoms with Crippen LogP contribution in [0, 0.1) is 6.92 Å². The van der Waals surface area contributed by atoms with Gasteiger partial charge in [0.05, 0.1) is 10.4 Å². The second kappa shape index (κ2) is 6.62. The largest absolute Gasteiger partial charge is 0.255 e. The van der Waals surface area contributed by atoms with Gasteiger partial charge in [-0.1, -0.05) is 45.0 Å². The predicted molar refractivity (Wildman–Crippen MR) is 139 cm³/mol. The lowest BCUT2D eigenvalue weighted by atomic mass is 9.82. The minimum Gasteiger partial charge on any atom is -0.255 e. The molecule has 152 valence electrons. The summed E-state index contributed by atoms with van der Waals surface area (Å²) in [5, 5.41) is 8.89. The van der Waals surface area contributed by atoms with Crippen LogP contribution in [0.1, 0.15) is 31.9 Å². The predicted octanol–water partition coefficient (Wildman–Crippen LogP) is 9.09. The Morgan fingerprint density at radius 2 is 1.61 bits per heavy atom. The maximum atomic E-state index is 4.89. The summed E-state index contributed by atoms with van der Waals surface area (Å²) in [6, 6.07) is 20.3. The Morgan fingerprint density at radius 3 is 2.45 bits per heavy atom. The van der Waals surface area contributed by atoms with Gasteiger partial charge >= 0.3 is 0 Å². The first-order valence-corrected chi connectivity index (χ1v) is 12.3. The zero-order valence-electron chi connectivity index (χ0n) is 18.1. The van der Waals surface area contributed by atoms with Crippen molar-refractivity contribution in [1.29, 1.82) is 0 Å². The van der Waals surface area contributed by atoms with E-state index in [1.807, 2.05) is 28.9 Å². The average Bonchev–Trinajstić information content (AvgIpc) is 3.30. The molecule has 3 aromatic carbocycles. The van der Waals surface area contributed by atoms with Gasteiger partial charge < -0.3 is 0 Å². The highest BCUT2D eigenvalue weighted by Gasteiger charge is 2.20. The molecule has 0 saturated carbocycles. The van der Waals surface area contributed by atoms with Crippen molar-refractivity contribution < 1.29 is 0 Å². The van der Waals surface area contributed by atoms with Crippen LogP contribution in [0.2, 0.25) is 0 Å². The Hall–Kier alpha value is -2.75. The van der Waals surface area contributed by atoms with Crippen LogP contribution in [-0.4, -0.2) is 4.98 Å². The second-order valence-electron chi connectivity index (χ2n) is 9.40. The summed E-state index contributed by atoms with van der Waals surface area (Å²) in [7, 11) is 0. The van der Waals surface area contributed by atoms with Crippen molar-refractivity contribution in [1.82, 2.24) is 4.98 Å². The minimum absolute atomic E-state index is 0.0611. The minimum atomic E-state index is 0.0611. The van der Waals surface area contributed by atoms with Gasteiger partial charge in [0.1, 0.15) is 0 Å². The van der Waals surface area contributed by atoms with Crippen molar-refractivity contribution in [2.24, 2.45) is 0 Å². The number of rotatable bonds is 1. The van der Waals surface area contributed by atoms with Crippen molar-refractivity contribution in [2.75, 3.05) is 0 Å². The number of thiophene rings is 2. The van der Waals surface area contributed by atoms with E-state index in [9.17, 15) is 0 Å². The van der Waals surface area contributed by atoms with Crippen LogP contribution in [-0.2, 0) is 5.41 Å². The van der Waals surface area contributed by atoms with Crippen LogP contribution < -0.4 is 0 Å². The van der Waals surface area contributed by atoms with Gasteiger partial charge in [-0.05, 0) is 75.3 Å². The molecule has 0 aliphatic heterocycles. The summed E-state index contributed by atoms with van der Waals surface area (Å²) < 4.78 is 3.99. The van der Waals surface area contributed by atoms with Crippen LogP contribution in [0.15, 0.2) is 66.2 Å². The summed E-state index contributed by atoms with van der Waals surface area (Å²) in [5.41, 5.74) is 5.10. The number of nitrogens with zero attached hydrogens (tertiary/aromatic N) is 1. The summed E-state index contributed by atoms with van der Waals surface area (Å²) in [4.78, 5) is 4.89. The van der Waals surface area contributed by atoms with Gasteiger partial charge in [-0.2, -0.15) is 0 Å². The van der Waals surface area contributed by atoms with E-state index < -0.39 is 0 Å². The van der Waals surface area contributed by atoms with Gasteiger partial charge in [-0.3, -0.25) is 4.98 Å². The maximum absolute atomic E-state index is 4.89. The zero-order chi connectivity index (χ0) is 21.3. The molecule has 6 rings (SSSR count). The molecule has 31 heavy (non-hydrogen) atoms. The second-order valence-corrected chi connectivity index (χ2v) is 11.4. The molecule has 0 spiro atoms. The Bertz CT molecular complexity index is 1630. The van der Waals surface area contributed by atoms with Gasteiger partial charge in [0.25, 0.3) is 0 Å². The monoisotopic (exact) mass is 437 g/mol. The molecule has 3 heterocycles. The summed E-state index contributed by atoms with van der Waals surface area (Å²) in [5.74, 6) is 0. The van der Waals surface area contributed by atoms with Crippen LogP contribution in [0.3, 0.4) is 0 Å². The molecule has 6 aromatic rings. The third-order valence-corrected chi connectivity index (χ3v) is 8.46. The SMILES string of the molecule is Cc1csc2cc3c(cc12)sc1c(-c2cc(C(C)(C)C)c4ccccc4c2)nccc13. The Morgan fingerprint density at radius 1 is 0.806 bits per heavy atom. The van der Waals surface area contributed by atoms with E-state index in [-0.39, 0.29) is 5.41 Å². The number of hydrogen-bond acceptors (Lipinski definition) is 3. The topological polar surface area (TPSA) is 12.9 Å². The van der Waals surface area contributed by atoms with Crippen LogP contribution in [0.4, 0.5) is 0 Å². The van der Waals surface area contributed by atoms with Gasteiger partial charge in [-0.15, -0.1) is 22.7 Å². The highest BCUT2D eigenvalue weighted by atomic mass is 32.1. The number of aromatic nitrogens is 1. The van der Waals surface area contributed by atoms with Gasteiger partial charge in [0.2, 0.25) is 0 Å². The van der Waals surface area contributed by atoms with Crippen LogP contribution in [0.25, 0.3) is 52.3 Å². The fraction of sp³-hybridized carbons (Fsp3) is 0.179. The highest BCUT2D eigenvalue weighted by Crippen LogP contribution is 2.43. The Balaban J connectivity index is 1.68. The summed E-state index contributed by atoms with van der Waals surface area (Å²) in [6.45, 7) is 9.08. The van der Waals surface area contributed by atoms with Crippen molar-refractivity contribution in [3.05, 3.63) is 77.3 Å². The van der Waals surface area contributed by atoms with Crippen LogP contribution >= 0.6 is 22.7 Å². The fourth-order valence-electron chi connectivity index (χ4n) is 4.62. The molecule has 0 N–H and O–H groups in total. The first-order valence-electron chi connectivity index (χ1n) is 10.6. The van der Waals surface area contributed by atoms with E-state index in [2.05, 4.69) is 87.7 Å². The molecule has 0 amide bonds. The summed E-state index contributed by atoms with van der Waals surface area (Å²) >= 11 is 3.71. The van der Waals surface area contributed by atoms with E-state index in [1.165, 1.54) is 57.7 Å². The van der Waals surface area contributed by atoms with Crippen molar-refractivity contribution in [2.45, 2.75) is 33.1 Å². The number of hydrogen-bond donors (Lipinski definition) is 0. The molecule has 0 radical (unpaired) electrons. The standard InChI is InChI=1S/C28H23NS2/c1-16-15-30-24-14-22-20-9-10-29-26(27(20)31-25(22)13-21(16)24)18-11-17-7-5-6-8-19(17)23(12-18)28(2,3)4/h5-15H,1-4H3. The maximum Gasteiger partial charge on any atom is 0.0880 e. The average molecular weight is 438 g/mol. The Labute approximate surface area is 190 Å². The molecule has 3 heteroatoms. The molecule has 0 aliphatic carbocycles.